The van der Waals surface area contributed by atoms with Gasteiger partial charge in [-0.25, -0.2) is 0 Å². The smallest absolute Gasteiger partial charge is 0.118 e. The van der Waals surface area contributed by atoms with Gasteiger partial charge in [-0.2, -0.15) is 0 Å². The van der Waals surface area contributed by atoms with Crippen molar-refractivity contribution in [2.75, 3.05) is 13.6 Å². The number of aryl methyl sites for hydroxylation is 1. The molecule has 0 saturated heterocycles. The summed E-state index contributed by atoms with van der Waals surface area (Å²) in [6.45, 7) is 3.36. The fourth-order valence-electron chi connectivity index (χ4n) is 2.19. The summed E-state index contributed by atoms with van der Waals surface area (Å²) < 4.78 is 5.54. The van der Waals surface area contributed by atoms with E-state index >= 15 is 0 Å². The molecule has 1 aromatic heterocycles. The van der Waals surface area contributed by atoms with Crippen molar-refractivity contribution in [3.05, 3.63) is 57.5 Å². The Kier molecular flexibility index (Phi) is 5.71. The molecule has 0 aliphatic rings. The van der Waals surface area contributed by atoms with Crippen LogP contribution in [0.4, 0.5) is 0 Å². The molecule has 1 N–H and O–H groups in total. The number of hydrogen-bond acceptors (Lipinski definition) is 3. The summed E-state index contributed by atoms with van der Waals surface area (Å²) in [5.41, 5.74) is 0.673. The van der Waals surface area contributed by atoms with Gasteiger partial charge in [0.1, 0.15) is 11.5 Å². The number of benzene rings is 1. The van der Waals surface area contributed by atoms with Crippen LogP contribution in [-0.2, 0) is 6.54 Å². The minimum Gasteiger partial charge on any atom is -0.465 e. The molecule has 1 heterocycles. The van der Waals surface area contributed by atoms with Gasteiger partial charge in [-0.1, -0.05) is 35.3 Å². The van der Waals surface area contributed by atoms with Gasteiger partial charge in [0.25, 0.3) is 0 Å². The number of furan rings is 1. The number of rotatable bonds is 6. The van der Waals surface area contributed by atoms with Crippen LogP contribution in [0.5, 0.6) is 0 Å². The Morgan fingerprint density at radius 2 is 2.00 bits per heavy atom. The van der Waals surface area contributed by atoms with Crippen LogP contribution in [-0.4, -0.2) is 23.6 Å². The van der Waals surface area contributed by atoms with Gasteiger partial charge in [-0.15, -0.1) is 0 Å². The normalized spacial score (nSPS) is 12.9. The zero-order valence-electron chi connectivity index (χ0n) is 12.1. The monoisotopic (exact) mass is 327 g/mol. The van der Waals surface area contributed by atoms with E-state index in [4.69, 9.17) is 27.6 Å². The molecule has 0 fully saturated rings. The fourth-order valence-corrected chi connectivity index (χ4v) is 2.62. The highest BCUT2D eigenvalue weighted by molar-refractivity contribution is 6.42. The first-order valence-electron chi connectivity index (χ1n) is 6.83. The Bertz CT molecular complexity index is 598. The topological polar surface area (TPSA) is 36.6 Å². The van der Waals surface area contributed by atoms with E-state index in [-0.39, 0.29) is 0 Å². The number of aliphatic hydroxyl groups excluding tert-OH is 1. The molecule has 0 amide bonds. The van der Waals surface area contributed by atoms with Gasteiger partial charge < -0.3 is 9.52 Å². The maximum absolute atomic E-state index is 10.3. The van der Waals surface area contributed by atoms with Gasteiger partial charge in [-0.3, -0.25) is 4.90 Å². The second-order valence-corrected chi connectivity index (χ2v) is 5.98. The third kappa shape index (κ3) is 4.48. The first-order chi connectivity index (χ1) is 9.97. The number of aliphatic hydroxyl groups is 1. The SMILES string of the molecule is Cc1ccc(CN(C)CCC(O)c2cccc(Cl)c2Cl)o1. The van der Waals surface area contributed by atoms with Crippen LogP contribution in [0.1, 0.15) is 29.6 Å². The molecule has 5 heteroatoms. The van der Waals surface area contributed by atoms with Gasteiger partial charge in [0, 0.05) is 12.1 Å². The summed E-state index contributed by atoms with van der Waals surface area (Å²) in [4.78, 5) is 2.10. The van der Waals surface area contributed by atoms with Gasteiger partial charge in [0.15, 0.2) is 0 Å². The zero-order chi connectivity index (χ0) is 15.4. The van der Waals surface area contributed by atoms with Crippen LogP contribution in [0.2, 0.25) is 10.0 Å². The molecule has 0 spiro atoms. The van der Waals surface area contributed by atoms with E-state index in [1.165, 1.54) is 0 Å². The lowest BCUT2D eigenvalue weighted by Gasteiger charge is -2.19. The molecule has 1 aromatic carbocycles. The lowest BCUT2D eigenvalue weighted by Crippen LogP contribution is -2.20. The molecule has 114 valence electrons. The highest BCUT2D eigenvalue weighted by Gasteiger charge is 2.14. The van der Waals surface area contributed by atoms with Crippen molar-refractivity contribution < 1.29 is 9.52 Å². The van der Waals surface area contributed by atoms with E-state index in [0.29, 0.717) is 28.6 Å². The summed E-state index contributed by atoms with van der Waals surface area (Å²) in [7, 11) is 1.99. The summed E-state index contributed by atoms with van der Waals surface area (Å²) in [6, 6.07) is 9.22. The van der Waals surface area contributed by atoms with Crippen molar-refractivity contribution in [1.82, 2.24) is 4.90 Å². The predicted molar refractivity (Wildman–Crippen MR) is 85.8 cm³/mol. The predicted octanol–water partition coefficient (Wildman–Crippen LogP) is 4.45. The molecule has 0 aliphatic carbocycles. The van der Waals surface area contributed by atoms with Crippen molar-refractivity contribution in [3.63, 3.8) is 0 Å². The van der Waals surface area contributed by atoms with Gasteiger partial charge in [0.2, 0.25) is 0 Å². The largest absolute Gasteiger partial charge is 0.465 e. The standard InChI is InChI=1S/C16H19Cl2NO2/c1-11-6-7-12(21-11)10-19(2)9-8-15(20)13-4-3-5-14(17)16(13)18/h3-7,15,20H,8-10H2,1-2H3. The first kappa shape index (κ1) is 16.4. The molecular formula is C16H19Cl2NO2. The van der Waals surface area contributed by atoms with Crippen molar-refractivity contribution in [2.24, 2.45) is 0 Å². The number of nitrogens with zero attached hydrogens (tertiary/aromatic N) is 1. The van der Waals surface area contributed by atoms with Crippen LogP contribution >= 0.6 is 23.2 Å². The molecule has 0 saturated carbocycles. The van der Waals surface area contributed by atoms with E-state index in [1.807, 2.05) is 26.1 Å². The highest BCUT2D eigenvalue weighted by atomic mass is 35.5. The van der Waals surface area contributed by atoms with Crippen LogP contribution < -0.4 is 0 Å². The Balaban J connectivity index is 1.88. The number of hydrogen-bond donors (Lipinski definition) is 1. The van der Waals surface area contributed by atoms with E-state index in [1.54, 1.807) is 18.2 Å². The van der Waals surface area contributed by atoms with Gasteiger partial charge in [0.05, 0.1) is 22.7 Å². The van der Waals surface area contributed by atoms with Crippen LogP contribution in [0.15, 0.2) is 34.7 Å². The quantitative estimate of drug-likeness (QED) is 0.851. The Hall–Kier alpha value is -1.000. The van der Waals surface area contributed by atoms with Crippen LogP contribution in [0.3, 0.4) is 0 Å². The molecule has 21 heavy (non-hydrogen) atoms. The number of halogens is 2. The molecule has 0 bridgehead atoms. The third-order valence-electron chi connectivity index (χ3n) is 3.35. The van der Waals surface area contributed by atoms with Gasteiger partial charge >= 0.3 is 0 Å². The summed E-state index contributed by atoms with van der Waals surface area (Å²) >= 11 is 12.1. The lowest BCUT2D eigenvalue weighted by molar-refractivity contribution is 0.145. The molecule has 2 aromatic rings. The van der Waals surface area contributed by atoms with Gasteiger partial charge in [-0.05, 0) is 38.6 Å². The average molecular weight is 328 g/mol. The molecule has 1 unspecified atom stereocenters. The van der Waals surface area contributed by atoms with Crippen molar-refractivity contribution in [1.29, 1.82) is 0 Å². The molecule has 0 aliphatic heterocycles. The zero-order valence-corrected chi connectivity index (χ0v) is 13.7. The van der Waals surface area contributed by atoms with E-state index in [2.05, 4.69) is 4.90 Å². The molecule has 0 radical (unpaired) electrons. The molecular weight excluding hydrogens is 309 g/mol. The fraction of sp³-hybridized carbons (Fsp3) is 0.375. The second kappa shape index (κ2) is 7.32. The average Bonchev–Trinajstić information content (AvgIpc) is 2.84. The maximum Gasteiger partial charge on any atom is 0.118 e. The minimum atomic E-state index is -0.628. The first-order valence-corrected chi connectivity index (χ1v) is 7.59. The molecule has 1 atom stereocenters. The van der Waals surface area contributed by atoms with Crippen LogP contribution in [0.25, 0.3) is 0 Å². The highest BCUT2D eigenvalue weighted by Crippen LogP contribution is 2.31. The van der Waals surface area contributed by atoms with E-state index in [0.717, 1.165) is 18.1 Å². The minimum absolute atomic E-state index is 0.427. The summed E-state index contributed by atoms with van der Waals surface area (Å²) in [5.74, 6) is 1.83. The van der Waals surface area contributed by atoms with Crippen molar-refractivity contribution in [2.45, 2.75) is 26.0 Å². The Labute approximate surface area is 135 Å². The second-order valence-electron chi connectivity index (χ2n) is 5.20. The summed E-state index contributed by atoms with van der Waals surface area (Å²) in [6.07, 6.45) is -0.0482. The summed E-state index contributed by atoms with van der Waals surface area (Å²) in [5, 5.41) is 11.1. The molecule has 2 rings (SSSR count). The van der Waals surface area contributed by atoms with E-state index < -0.39 is 6.10 Å². The van der Waals surface area contributed by atoms with E-state index in [9.17, 15) is 5.11 Å². The van der Waals surface area contributed by atoms with Crippen molar-refractivity contribution >= 4 is 23.2 Å². The Morgan fingerprint density at radius 1 is 1.24 bits per heavy atom. The third-order valence-corrected chi connectivity index (χ3v) is 4.18. The maximum atomic E-state index is 10.3. The Morgan fingerprint density at radius 3 is 2.67 bits per heavy atom. The van der Waals surface area contributed by atoms with Crippen LogP contribution in [0, 0.1) is 6.92 Å². The lowest BCUT2D eigenvalue weighted by atomic mass is 10.1. The molecule has 3 nitrogen and oxygen atoms in total. The van der Waals surface area contributed by atoms with Crippen molar-refractivity contribution in [3.8, 4) is 0 Å².